The minimum absolute atomic E-state index is 0.266. The molecule has 0 aliphatic rings. The molecule has 1 aromatic rings. The number of carboxylic acids is 1. The highest BCUT2D eigenvalue weighted by Gasteiger charge is 2.30. The maximum absolute atomic E-state index is 11.9. The Labute approximate surface area is 95.8 Å². The number of halogens is 3. The molecular weight excluding hydrogens is 237 g/mol. The Morgan fingerprint density at radius 1 is 1.35 bits per heavy atom. The van der Waals surface area contributed by atoms with Gasteiger partial charge in [-0.3, -0.25) is 4.79 Å². The number of aliphatic carboxylic acids is 1. The standard InChI is InChI=1S/C11H11F3O3/c1-7(10(15)16)6-8-2-4-9(5-3-8)17-11(12,13)14/h2-5,7H,6H2,1H3,(H,15,16). The fourth-order valence-corrected chi connectivity index (χ4v) is 1.27. The Morgan fingerprint density at radius 2 is 1.88 bits per heavy atom. The number of hydrogen-bond acceptors (Lipinski definition) is 2. The van der Waals surface area contributed by atoms with Crippen LogP contribution in [0.25, 0.3) is 0 Å². The van der Waals surface area contributed by atoms with Gasteiger partial charge in [0.25, 0.3) is 0 Å². The fourth-order valence-electron chi connectivity index (χ4n) is 1.27. The second kappa shape index (κ2) is 5.07. The topological polar surface area (TPSA) is 46.5 Å². The summed E-state index contributed by atoms with van der Waals surface area (Å²) in [6, 6.07) is 5.16. The van der Waals surface area contributed by atoms with Crippen molar-refractivity contribution in [3.05, 3.63) is 29.8 Å². The number of ether oxygens (including phenoxy) is 1. The summed E-state index contributed by atoms with van der Waals surface area (Å²) in [5.74, 6) is -1.84. The van der Waals surface area contributed by atoms with Crippen molar-refractivity contribution >= 4 is 5.97 Å². The van der Waals surface area contributed by atoms with E-state index in [1.807, 2.05) is 0 Å². The third kappa shape index (κ3) is 4.76. The van der Waals surface area contributed by atoms with Gasteiger partial charge in [0.2, 0.25) is 0 Å². The van der Waals surface area contributed by atoms with Crippen molar-refractivity contribution < 1.29 is 27.8 Å². The molecule has 1 N–H and O–H groups in total. The molecule has 1 unspecified atom stereocenters. The summed E-state index contributed by atoms with van der Waals surface area (Å²) in [5, 5.41) is 8.68. The molecule has 0 saturated carbocycles. The van der Waals surface area contributed by atoms with Gasteiger partial charge in [0.15, 0.2) is 0 Å². The first-order chi connectivity index (χ1) is 7.78. The molecular formula is C11H11F3O3. The van der Waals surface area contributed by atoms with Gasteiger partial charge in [0.1, 0.15) is 5.75 Å². The van der Waals surface area contributed by atoms with Gasteiger partial charge in [-0.1, -0.05) is 19.1 Å². The van der Waals surface area contributed by atoms with Crippen molar-refractivity contribution in [3.63, 3.8) is 0 Å². The molecule has 0 spiro atoms. The van der Waals surface area contributed by atoms with Gasteiger partial charge >= 0.3 is 12.3 Å². The lowest BCUT2D eigenvalue weighted by molar-refractivity contribution is -0.274. The maximum Gasteiger partial charge on any atom is 0.573 e. The summed E-state index contributed by atoms with van der Waals surface area (Å²) in [4.78, 5) is 10.6. The molecule has 0 aromatic heterocycles. The summed E-state index contributed by atoms with van der Waals surface area (Å²) >= 11 is 0. The van der Waals surface area contributed by atoms with Crippen LogP contribution in [-0.2, 0) is 11.2 Å². The molecule has 0 bridgehead atoms. The molecule has 0 fully saturated rings. The zero-order valence-corrected chi connectivity index (χ0v) is 8.99. The van der Waals surface area contributed by atoms with Crippen LogP contribution >= 0.6 is 0 Å². The Morgan fingerprint density at radius 3 is 2.29 bits per heavy atom. The van der Waals surface area contributed by atoms with Gasteiger partial charge in [-0.05, 0) is 24.1 Å². The van der Waals surface area contributed by atoms with Crippen LogP contribution in [0.5, 0.6) is 5.75 Å². The lowest BCUT2D eigenvalue weighted by atomic mass is 10.0. The van der Waals surface area contributed by atoms with Gasteiger partial charge in [0, 0.05) is 0 Å². The Hall–Kier alpha value is -1.72. The van der Waals surface area contributed by atoms with E-state index in [1.165, 1.54) is 19.1 Å². The predicted octanol–water partition coefficient (Wildman–Crippen LogP) is 2.85. The normalized spacial score (nSPS) is 13.2. The van der Waals surface area contributed by atoms with E-state index in [0.717, 1.165) is 12.1 Å². The minimum Gasteiger partial charge on any atom is -0.481 e. The molecule has 1 aromatic carbocycles. The highest BCUT2D eigenvalue weighted by atomic mass is 19.4. The van der Waals surface area contributed by atoms with Gasteiger partial charge in [0.05, 0.1) is 5.92 Å². The summed E-state index contributed by atoms with van der Waals surface area (Å²) in [6.45, 7) is 1.53. The lowest BCUT2D eigenvalue weighted by Gasteiger charge is -2.10. The van der Waals surface area contributed by atoms with Crippen LogP contribution in [0.2, 0.25) is 0 Å². The Kier molecular flexibility index (Phi) is 3.98. The van der Waals surface area contributed by atoms with Crippen molar-refractivity contribution in [2.24, 2.45) is 5.92 Å². The highest BCUT2D eigenvalue weighted by molar-refractivity contribution is 5.69. The van der Waals surface area contributed by atoms with Crippen LogP contribution < -0.4 is 4.74 Å². The monoisotopic (exact) mass is 248 g/mol. The second-order valence-electron chi connectivity index (χ2n) is 3.64. The fraction of sp³-hybridized carbons (Fsp3) is 0.364. The van der Waals surface area contributed by atoms with Crippen LogP contribution in [0.15, 0.2) is 24.3 Å². The quantitative estimate of drug-likeness (QED) is 0.891. The van der Waals surface area contributed by atoms with Crippen LogP contribution in [0.1, 0.15) is 12.5 Å². The third-order valence-corrected chi connectivity index (χ3v) is 2.12. The number of alkyl halides is 3. The average Bonchev–Trinajstić information content (AvgIpc) is 2.18. The molecule has 0 heterocycles. The summed E-state index contributed by atoms with van der Waals surface area (Å²) in [7, 11) is 0. The van der Waals surface area contributed by atoms with Crippen molar-refractivity contribution in [3.8, 4) is 5.75 Å². The van der Waals surface area contributed by atoms with E-state index in [4.69, 9.17) is 5.11 Å². The smallest absolute Gasteiger partial charge is 0.481 e. The summed E-state index contributed by atoms with van der Waals surface area (Å²) < 4.78 is 39.3. The number of benzene rings is 1. The molecule has 6 heteroatoms. The zero-order valence-electron chi connectivity index (χ0n) is 8.99. The van der Waals surface area contributed by atoms with E-state index in [9.17, 15) is 18.0 Å². The van der Waals surface area contributed by atoms with E-state index in [2.05, 4.69) is 4.74 Å². The molecule has 0 saturated heterocycles. The average molecular weight is 248 g/mol. The third-order valence-electron chi connectivity index (χ3n) is 2.12. The molecule has 17 heavy (non-hydrogen) atoms. The van der Waals surface area contributed by atoms with Gasteiger partial charge in [-0.15, -0.1) is 13.2 Å². The molecule has 3 nitrogen and oxygen atoms in total. The van der Waals surface area contributed by atoms with E-state index in [-0.39, 0.29) is 12.2 Å². The second-order valence-corrected chi connectivity index (χ2v) is 3.64. The first-order valence-corrected chi connectivity index (χ1v) is 4.85. The number of hydrogen-bond donors (Lipinski definition) is 1. The Bertz CT molecular complexity index is 384. The molecule has 94 valence electrons. The summed E-state index contributed by atoms with van der Waals surface area (Å²) in [6.07, 6.45) is -4.45. The number of carboxylic acid groups (broad SMARTS) is 1. The van der Waals surface area contributed by atoms with Gasteiger partial charge < -0.3 is 9.84 Å². The largest absolute Gasteiger partial charge is 0.573 e. The van der Waals surface area contributed by atoms with Crippen LogP contribution in [0.3, 0.4) is 0 Å². The van der Waals surface area contributed by atoms with Crippen molar-refractivity contribution in [1.82, 2.24) is 0 Å². The molecule has 0 aliphatic heterocycles. The van der Waals surface area contributed by atoms with E-state index in [0.29, 0.717) is 5.56 Å². The van der Waals surface area contributed by atoms with Crippen molar-refractivity contribution in [1.29, 1.82) is 0 Å². The first kappa shape index (κ1) is 13.3. The van der Waals surface area contributed by atoms with Gasteiger partial charge in [-0.2, -0.15) is 0 Å². The summed E-state index contributed by atoms with van der Waals surface area (Å²) in [5.41, 5.74) is 0.648. The van der Waals surface area contributed by atoms with E-state index < -0.39 is 18.2 Å². The molecule has 1 atom stereocenters. The lowest BCUT2D eigenvalue weighted by Crippen LogP contribution is -2.17. The SMILES string of the molecule is CC(Cc1ccc(OC(F)(F)F)cc1)C(=O)O. The van der Waals surface area contributed by atoms with Crippen molar-refractivity contribution in [2.45, 2.75) is 19.7 Å². The van der Waals surface area contributed by atoms with Crippen LogP contribution in [-0.4, -0.2) is 17.4 Å². The minimum atomic E-state index is -4.71. The zero-order chi connectivity index (χ0) is 13.1. The van der Waals surface area contributed by atoms with E-state index in [1.54, 1.807) is 0 Å². The van der Waals surface area contributed by atoms with E-state index >= 15 is 0 Å². The highest BCUT2D eigenvalue weighted by Crippen LogP contribution is 2.23. The number of rotatable bonds is 4. The van der Waals surface area contributed by atoms with Crippen LogP contribution in [0, 0.1) is 5.92 Å². The molecule has 0 amide bonds. The molecule has 0 aliphatic carbocycles. The molecule has 1 rings (SSSR count). The van der Waals surface area contributed by atoms with Gasteiger partial charge in [-0.25, -0.2) is 0 Å². The maximum atomic E-state index is 11.9. The predicted molar refractivity (Wildman–Crippen MR) is 53.6 cm³/mol. The first-order valence-electron chi connectivity index (χ1n) is 4.85. The molecule has 0 radical (unpaired) electrons. The Balaban J connectivity index is 2.65. The van der Waals surface area contributed by atoms with Crippen LogP contribution in [0.4, 0.5) is 13.2 Å². The van der Waals surface area contributed by atoms with Crippen molar-refractivity contribution in [2.75, 3.05) is 0 Å². The number of carbonyl (C=O) groups is 1.